The summed E-state index contributed by atoms with van der Waals surface area (Å²) in [6, 6.07) is 72.6. The molecule has 8 aromatic carbocycles. The average Bonchev–Trinajstić information content (AvgIpc) is 3.87. The Morgan fingerprint density at radius 2 is 0.862 bits per heavy atom. The fraction of sp³-hybridized carbons (Fsp3) is 0.0189. The maximum absolute atomic E-state index is 4.97. The SMILES string of the molecule is c1ccc(-c2nc(-c3ccccc3)nc(-c3ccc(-c4cccc(-n5ncc6cc(C7(c8ccccc8)c8ccccc8-c8ccccc87)ccc65)c4)cc3)n2)cc1. The summed E-state index contributed by atoms with van der Waals surface area (Å²) in [5.41, 5.74) is 14.2. The van der Waals surface area contributed by atoms with Crippen molar-refractivity contribution >= 4 is 10.9 Å². The lowest BCUT2D eigenvalue weighted by atomic mass is 9.67. The molecule has 0 N–H and O–H groups in total. The van der Waals surface area contributed by atoms with E-state index in [1.807, 2.05) is 71.5 Å². The minimum atomic E-state index is -0.454. The molecule has 0 saturated carbocycles. The molecule has 5 heteroatoms. The van der Waals surface area contributed by atoms with Gasteiger partial charge in [-0.15, -0.1) is 0 Å². The predicted octanol–water partition coefficient (Wildman–Crippen LogP) is 12.2. The average molecular weight is 742 g/mol. The molecule has 0 aliphatic heterocycles. The number of nitrogens with zero attached hydrogens (tertiary/aromatic N) is 5. The summed E-state index contributed by atoms with van der Waals surface area (Å²) in [5.74, 6) is 1.93. The van der Waals surface area contributed by atoms with E-state index in [0.29, 0.717) is 17.5 Å². The van der Waals surface area contributed by atoms with Crippen molar-refractivity contribution in [2.75, 3.05) is 0 Å². The van der Waals surface area contributed by atoms with Crippen molar-refractivity contribution in [3.05, 3.63) is 235 Å². The van der Waals surface area contributed by atoms with Crippen LogP contribution in [0.4, 0.5) is 0 Å². The zero-order valence-corrected chi connectivity index (χ0v) is 31.4. The summed E-state index contributed by atoms with van der Waals surface area (Å²) in [6.07, 6.45) is 1.99. The highest BCUT2D eigenvalue weighted by molar-refractivity contribution is 5.89. The molecule has 0 unspecified atom stereocenters. The highest BCUT2D eigenvalue weighted by Gasteiger charge is 2.45. The molecular weight excluding hydrogens is 707 g/mol. The van der Waals surface area contributed by atoms with E-state index in [2.05, 4.69) is 146 Å². The van der Waals surface area contributed by atoms with Crippen LogP contribution in [0.5, 0.6) is 0 Å². The third kappa shape index (κ3) is 5.47. The van der Waals surface area contributed by atoms with Gasteiger partial charge in [0, 0.05) is 22.1 Å². The van der Waals surface area contributed by atoms with Crippen LogP contribution in [0.1, 0.15) is 22.3 Å². The van der Waals surface area contributed by atoms with Crippen LogP contribution in [0.3, 0.4) is 0 Å². The third-order valence-electron chi connectivity index (χ3n) is 11.4. The molecule has 0 amide bonds. The van der Waals surface area contributed by atoms with Gasteiger partial charge in [0.1, 0.15) is 0 Å². The molecule has 0 radical (unpaired) electrons. The number of aromatic nitrogens is 5. The van der Waals surface area contributed by atoms with Crippen molar-refractivity contribution in [2.45, 2.75) is 5.41 Å². The molecule has 0 fully saturated rings. The Labute approximate surface area is 336 Å². The van der Waals surface area contributed by atoms with E-state index >= 15 is 0 Å². The Kier molecular flexibility index (Phi) is 7.97. The third-order valence-corrected chi connectivity index (χ3v) is 11.4. The fourth-order valence-corrected chi connectivity index (χ4v) is 8.75. The minimum absolute atomic E-state index is 0.454. The Bertz CT molecular complexity index is 3000. The maximum Gasteiger partial charge on any atom is 0.164 e. The second kappa shape index (κ2) is 13.8. The molecule has 58 heavy (non-hydrogen) atoms. The van der Waals surface area contributed by atoms with Crippen molar-refractivity contribution in [3.8, 4) is 62.1 Å². The Morgan fingerprint density at radius 1 is 0.362 bits per heavy atom. The van der Waals surface area contributed by atoms with Gasteiger partial charge in [-0.05, 0) is 68.8 Å². The van der Waals surface area contributed by atoms with E-state index in [1.54, 1.807) is 0 Å². The summed E-state index contributed by atoms with van der Waals surface area (Å²) >= 11 is 0. The van der Waals surface area contributed by atoms with Crippen LogP contribution in [-0.2, 0) is 5.41 Å². The summed E-state index contributed by atoms with van der Waals surface area (Å²) in [6.45, 7) is 0. The number of benzene rings is 8. The molecule has 11 rings (SSSR count). The number of hydrogen-bond acceptors (Lipinski definition) is 4. The molecule has 2 heterocycles. The van der Waals surface area contributed by atoms with Gasteiger partial charge >= 0.3 is 0 Å². The van der Waals surface area contributed by atoms with Gasteiger partial charge in [0.2, 0.25) is 0 Å². The highest BCUT2D eigenvalue weighted by Crippen LogP contribution is 2.56. The van der Waals surface area contributed by atoms with Crippen molar-refractivity contribution in [2.24, 2.45) is 0 Å². The molecule has 10 aromatic rings. The van der Waals surface area contributed by atoms with Crippen LogP contribution >= 0.6 is 0 Å². The van der Waals surface area contributed by atoms with E-state index in [-0.39, 0.29) is 0 Å². The second-order valence-corrected chi connectivity index (χ2v) is 14.7. The minimum Gasteiger partial charge on any atom is -0.233 e. The molecule has 1 aliphatic rings. The monoisotopic (exact) mass is 741 g/mol. The molecule has 2 aromatic heterocycles. The van der Waals surface area contributed by atoms with Crippen LogP contribution in [0.15, 0.2) is 212 Å². The van der Waals surface area contributed by atoms with Gasteiger partial charge < -0.3 is 0 Å². The van der Waals surface area contributed by atoms with Gasteiger partial charge in [0.05, 0.1) is 22.8 Å². The molecule has 0 bridgehead atoms. The maximum atomic E-state index is 4.97. The summed E-state index contributed by atoms with van der Waals surface area (Å²) in [4.78, 5) is 14.7. The lowest BCUT2D eigenvalue weighted by Crippen LogP contribution is -2.28. The molecule has 272 valence electrons. The lowest BCUT2D eigenvalue weighted by Gasteiger charge is -2.34. The quantitative estimate of drug-likeness (QED) is 0.163. The first kappa shape index (κ1) is 33.6. The van der Waals surface area contributed by atoms with Gasteiger partial charge in [-0.1, -0.05) is 182 Å². The van der Waals surface area contributed by atoms with Crippen LogP contribution in [0.25, 0.3) is 73.0 Å². The normalized spacial score (nSPS) is 12.6. The first-order valence-corrected chi connectivity index (χ1v) is 19.6. The Hall–Kier alpha value is -7.76. The zero-order chi connectivity index (χ0) is 38.5. The smallest absolute Gasteiger partial charge is 0.164 e. The molecule has 0 saturated heterocycles. The molecule has 0 spiro atoms. The zero-order valence-electron chi connectivity index (χ0n) is 31.4. The first-order chi connectivity index (χ1) is 28.7. The van der Waals surface area contributed by atoms with Crippen LogP contribution in [0, 0.1) is 0 Å². The molecule has 0 atom stereocenters. The van der Waals surface area contributed by atoms with Gasteiger partial charge in [-0.2, -0.15) is 5.10 Å². The predicted molar refractivity (Wildman–Crippen MR) is 234 cm³/mol. The van der Waals surface area contributed by atoms with Crippen LogP contribution in [-0.4, -0.2) is 24.7 Å². The summed E-state index contributed by atoms with van der Waals surface area (Å²) < 4.78 is 2.05. The standard InChI is InChI=1S/C53H35N5/c1-4-15-37(16-5-1)50-55-51(38-17-6-2-7-18-38)57-52(56-50)39-29-27-36(28-30-39)40-19-14-22-44(34-40)58-49-32-31-43(33-41(49)35-54-58)53(42-20-8-3-9-21-42)47-25-12-10-23-45(47)46-24-11-13-26-48(46)53/h1-35H. The van der Waals surface area contributed by atoms with E-state index in [4.69, 9.17) is 20.1 Å². The lowest BCUT2D eigenvalue weighted by molar-refractivity contribution is 0.770. The molecule has 1 aliphatic carbocycles. The number of fused-ring (bicyclic) bond motifs is 4. The highest BCUT2D eigenvalue weighted by atomic mass is 15.3. The van der Waals surface area contributed by atoms with Gasteiger partial charge in [0.25, 0.3) is 0 Å². The second-order valence-electron chi connectivity index (χ2n) is 14.7. The number of hydrogen-bond donors (Lipinski definition) is 0. The van der Waals surface area contributed by atoms with Crippen LogP contribution in [0.2, 0.25) is 0 Å². The summed E-state index contributed by atoms with van der Waals surface area (Å²) in [7, 11) is 0. The fourth-order valence-electron chi connectivity index (χ4n) is 8.75. The largest absolute Gasteiger partial charge is 0.233 e. The Morgan fingerprint density at radius 3 is 1.47 bits per heavy atom. The molecular formula is C53H35N5. The van der Waals surface area contributed by atoms with Crippen molar-refractivity contribution < 1.29 is 0 Å². The number of rotatable bonds is 7. The van der Waals surface area contributed by atoms with Crippen LogP contribution < -0.4 is 0 Å². The van der Waals surface area contributed by atoms with Gasteiger partial charge in [-0.25, -0.2) is 19.6 Å². The van der Waals surface area contributed by atoms with Gasteiger partial charge in [0.15, 0.2) is 17.5 Å². The van der Waals surface area contributed by atoms with Gasteiger partial charge in [-0.3, -0.25) is 0 Å². The molecule has 5 nitrogen and oxygen atoms in total. The van der Waals surface area contributed by atoms with E-state index in [1.165, 1.54) is 33.4 Å². The summed E-state index contributed by atoms with van der Waals surface area (Å²) in [5, 5.41) is 6.06. The first-order valence-electron chi connectivity index (χ1n) is 19.6. The Balaban J connectivity index is 0.954. The van der Waals surface area contributed by atoms with Crippen molar-refractivity contribution in [3.63, 3.8) is 0 Å². The van der Waals surface area contributed by atoms with Crippen molar-refractivity contribution in [1.29, 1.82) is 0 Å². The topological polar surface area (TPSA) is 56.5 Å². The van der Waals surface area contributed by atoms with E-state index in [0.717, 1.165) is 44.4 Å². The van der Waals surface area contributed by atoms with Crippen molar-refractivity contribution in [1.82, 2.24) is 24.7 Å². The van der Waals surface area contributed by atoms with E-state index < -0.39 is 5.41 Å². The van der Waals surface area contributed by atoms with E-state index in [9.17, 15) is 0 Å².